The Labute approximate surface area is 129 Å². The maximum absolute atomic E-state index is 12.5. The summed E-state index contributed by atoms with van der Waals surface area (Å²) in [6.07, 6.45) is 10.5. The molecule has 120 valence electrons. The molecule has 0 aromatic heterocycles. The Morgan fingerprint density at radius 1 is 0.905 bits per heavy atom. The number of nitrogens with zero attached hydrogens (tertiary/aromatic N) is 2. The first-order valence-corrected chi connectivity index (χ1v) is 9.01. The Kier molecular flexibility index (Phi) is 5.17. The summed E-state index contributed by atoms with van der Waals surface area (Å²) in [6.45, 7) is 4.47. The number of hydrogen-bond acceptors (Lipinski definition) is 3. The molecule has 3 fully saturated rings. The Morgan fingerprint density at radius 3 is 2.24 bits per heavy atom. The van der Waals surface area contributed by atoms with Crippen molar-refractivity contribution in [2.45, 2.75) is 69.9 Å². The number of nitrogens with two attached hydrogens (primary N) is 1. The number of hydrogen-bond donors (Lipinski definition) is 1. The van der Waals surface area contributed by atoms with E-state index in [0.29, 0.717) is 18.2 Å². The van der Waals surface area contributed by atoms with Gasteiger partial charge in [-0.1, -0.05) is 12.8 Å². The summed E-state index contributed by atoms with van der Waals surface area (Å²) < 4.78 is 0. The summed E-state index contributed by atoms with van der Waals surface area (Å²) in [6, 6.07) is 0.985. The van der Waals surface area contributed by atoms with Crippen LogP contribution < -0.4 is 5.73 Å². The zero-order valence-corrected chi connectivity index (χ0v) is 13.3. The Balaban J connectivity index is 1.44. The highest BCUT2D eigenvalue weighted by molar-refractivity contribution is 5.76. The molecule has 2 N–H and O–H groups in total. The lowest BCUT2D eigenvalue weighted by atomic mass is 9.82. The van der Waals surface area contributed by atoms with Crippen LogP contribution in [0.15, 0.2) is 0 Å². The molecule has 2 unspecified atom stereocenters. The van der Waals surface area contributed by atoms with Crippen LogP contribution in [-0.4, -0.2) is 54.0 Å². The van der Waals surface area contributed by atoms with Crippen molar-refractivity contribution >= 4 is 5.91 Å². The number of amides is 1. The molecule has 2 saturated heterocycles. The topological polar surface area (TPSA) is 49.6 Å². The first kappa shape index (κ1) is 15.3. The second kappa shape index (κ2) is 7.10. The van der Waals surface area contributed by atoms with Gasteiger partial charge in [0.05, 0.1) is 0 Å². The van der Waals surface area contributed by atoms with Gasteiger partial charge in [-0.05, 0) is 57.5 Å². The van der Waals surface area contributed by atoms with Crippen LogP contribution in [0, 0.1) is 5.92 Å². The van der Waals surface area contributed by atoms with Crippen LogP contribution in [0.2, 0.25) is 0 Å². The lowest BCUT2D eigenvalue weighted by Gasteiger charge is -2.38. The summed E-state index contributed by atoms with van der Waals surface area (Å²) in [5.41, 5.74) is 6.18. The average Bonchev–Trinajstić information content (AvgIpc) is 3.04. The van der Waals surface area contributed by atoms with Gasteiger partial charge in [-0.15, -0.1) is 0 Å². The van der Waals surface area contributed by atoms with Crippen LogP contribution in [0.25, 0.3) is 0 Å². The normalized spacial score (nSPS) is 32.5. The Morgan fingerprint density at radius 2 is 1.57 bits per heavy atom. The van der Waals surface area contributed by atoms with Gasteiger partial charge in [0.25, 0.3) is 0 Å². The molecule has 0 radical (unpaired) electrons. The standard InChI is InChI=1S/C17H31N3O/c18-16-6-2-1-5-14(16)13-17(21)20-11-7-15(8-12-20)19-9-3-4-10-19/h14-16H,1-13,18H2. The molecular formula is C17H31N3O. The zero-order valence-electron chi connectivity index (χ0n) is 13.3. The van der Waals surface area contributed by atoms with Crippen molar-refractivity contribution in [1.82, 2.24) is 9.80 Å². The summed E-state index contributed by atoms with van der Waals surface area (Å²) >= 11 is 0. The highest BCUT2D eigenvalue weighted by atomic mass is 16.2. The maximum atomic E-state index is 12.5. The molecule has 0 spiro atoms. The number of piperidine rings is 1. The average molecular weight is 293 g/mol. The molecule has 1 aliphatic carbocycles. The smallest absolute Gasteiger partial charge is 0.222 e. The van der Waals surface area contributed by atoms with Crippen molar-refractivity contribution in [3.8, 4) is 0 Å². The third-order valence-electron chi connectivity index (χ3n) is 5.88. The van der Waals surface area contributed by atoms with Crippen molar-refractivity contribution in [3.05, 3.63) is 0 Å². The summed E-state index contributed by atoms with van der Waals surface area (Å²) in [4.78, 5) is 17.2. The monoisotopic (exact) mass is 293 g/mol. The number of carbonyl (C=O) groups excluding carboxylic acids is 1. The van der Waals surface area contributed by atoms with Gasteiger partial charge < -0.3 is 15.5 Å². The van der Waals surface area contributed by atoms with Gasteiger partial charge in [0.15, 0.2) is 0 Å². The number of carbonyl (C=O) groups is 1. The lowest BCUT2D eigenvalue weighted by Crippen LogP contribution is -2.47. The molecule has 21 heavy (non-hydrogen) atoms. The molecule has 0 aromatic carbocycles. The molecule has 2 atom stereocenters. The summed E-state index contributed by atoms with van der Waals surface area (Å²) in [5, 5.41) is 0. The lowest BCUT2D eigenvalue weighted by molar-refractivity contribution is -0.134. The van der Waals surface area contributed by atoms with E-state index in [4.69, 9.17) is 5.73 Å². The first-order chi connectivity index (χ1) is 10.2. The second-order valence-corrected chi connectivity index (χ2v) is 7.27. The number of rotatable bonds is 3. The fraction of sp³-hybridized carbons (Fsp3) is 0.941. The molecule has 0 aromatic rings. The minimum absolute atomic E-state index is 0.254. The van der Waals surface area contributed by atoms with E-state index >= 15 is 0 Å². The van der Waals surface area contributed by atoms with Gasteiger partial charge in [-0.3, -0.25) is 4.79 Å². The van der Waals surface area contributed by atoms with E-state index in [9.17, 15) is 4.79 Å². The van der Waals surface area contributed by atoms with Crippen LogP contribution in [0.3, 0.4) is 0 Å². The van der Waals surface area contributed by atoms with E-state index in [0.717, 1.165) is 32.0 Å². The maximum Gasteiger partial charge on any atom is 0.222 e. The van der Waals surface area contributed by atoms with Crippen LogP contribution in [0.1, 0.15) is 57.8 Å². The largest absolute Gasteiger partial charge is 0.343 e. The molecular weight excluding hydrogens is 262 g/mol. The van der Waals surface area contributed by atoms with E-state index in [-0.39, 0.29) is 6.04 Å². The van der Waals surface area contributed by atoms with E-state index in [1.54, 1.807) is 0 Å². The van der Waals surface area contributed by atoms with Crippen molar-refractivity contribution in [1.29, 1.82) is 0 Å². The van der Waals surface area contributed by atoms with E-state index in [2.05, 4.69) is 9.80 Å². The fourth-order valence-corrected chi connectivity index (χ4v) is 4.43. The predicted octanol–water partition coefficient (Wildman–Crippen LogP) is 1.98. The molecule has 2 heterocycles. The van der Waals surface area contributed by atoms with E-state index in [1.807, 2.05) is 0 Å². The van der Waals surface area contributed by atoms with Gasteiger partial charge >= 0.3 is 0 Å². The summed E-state index contributed by atoms with van der Waals surface area (Å²) in [7, 11) is 0. The second-order valence-electron chi connectivity index (χ2n) is 7.27. The third-order valence-corrected chi connectivity index (χ3v) is 5.88. The molecule has 4 nitrogen and oxygen atoms in total. The van der Waals surface area contributed by atoms with Gasteiger partial charge in [0.2, 0.25) is 5.91 Å². The van der Waals surface area contributed by atoms with Crippen LogP contribution >= 0.6 is 0 Å². The predicted molar refractivity (Wildman–Crippen MR) is 85.0 cm³/mol. The van der Waals surface area contributed by atoms with Crippen LogP contribution in [-0.2, 0) is 4.79 Å². The third kappa shape index (κ3) is 3.78. The molecule has 3 aliphatic rings. The van der Waals surface area contributed by atoms with E-state index < -0.39 is 0 Å². The number of likely N-dealkylation sites (tertiary alicyclic amines) is 2. The Hall–Kier alpha value is -0.610. The molecule has 1 saturated carbocycles. The van der Waals surface area contributed by atoms with Crippen molar-refractivity contribution in [2.75, 3.05) is 26.2 Å². The Bertz CT molecular complexity index is 346. The zero-order chi connectivity index (χ0) is 14.7. The van der Waals surface area contributed by atoms with Gasteiger partial charge in [-0.25, -0.2) is 0 Å². The van der Waals surface area contributed by atoms with Crippen LogP contribution in [0.5, 0.6) is 0 Å². The molecule has 1 amide bonds. The molecule has 0 bridgehead atoms. The first-order valence-electron chi connectivity index (χ1n) is 9.01. The highest BCUT2D eigenvalue weighted by Gasteiger charge is 2.30. The SMILES string of the molecule is NC1CCCCC1CC(=O)N1CCC(N2CCCC2)CC1. The van der Waals surface area contributed by atoms with Gasteiger partial charge in [-0.2, -0.15) is 0 Å². The molecule has 3 rings (SSSR count). The van der Waals surface area contributed by atoms with Gasteiger partial charge in [0.1, 0.15) is 0 Å². The van der Waals surface area contributed by atoms with Crippen molar-refractivity contribution in [2.24, 2.45) is 11.7 Å². The van der Waals surface area contributed by atoms with E-state index in [1.165, 1.54) is 51.6 Å². The minimum Gasteiger partial charge on any atom is -0.343 e. The molecule has 2 aliphatic heterocycles. The molecule has 4 heteroatoms. The minimum atomic E-state index is 0.254. The highest BCUT2D eigenvalue weighted by Crippen LogP contribution is 2.27. The van der Waals surface area contributed by atoms with Crippen molar-refractivity contribution in [3.63, 3.8) is 0 Å². The van der Waals surface area contributed by atoms with Crippen molar-refractivity contribution < 1.29 is 4.79 Å². The quantitative estimate of drug-likeness (QED) is 0.865. The summed E-state index contributed by atoms with van der Waals surface area (Å²) in [5.74, 6) is 0.791. The fourth-order valence-electron chi connectivity index (χ4n) is 4.43. The van der Waals surface area contributed by atoms with Gasteiger partial charge in [0, 0.05) is 31.6 Å². The van der Waals surface area contributed by atoms with Crippen LogP contribution in [0.4, 0.5) is 0 Å².